The summed E-state index contributed by atoms with van der Waals surface area (Å²) in [6, 6.07) is 8.92. The summed E-state index contributed by atoms with van der Waals surface area (Å²) in [5.74, 6) is 0.223. The van der Waals surface area contributed by atoms with E-state index in [0.29, 0.717) is 15.4 Å². The van der Waals surface area contributed by atoms with Gasteiger partial charge in [-0.3, -0.25) is 4.72 Å². The molecule has 2 N–H and O–H groups in total. The largest absolute Gasteiger partial charge is 0.391 e. The SMILES string of the molecule is Cc1sc(CO)cc1S(=O)(=O)Nc1ccccc1C(C)C. The number of rotatable bonds is 5. The summed E-state index contributed by atoms with van der Waals surface area (Å²) in [6.07, 6.45) is 0. The Labute approximate surface area is 129 Å². The van der Waals surface area contributed by atoms with Crippen LogP contribution in [-0.2, 0) is 16.6 Å². The first-order chi connectivity index (χ1) is 9.85. The number of hydrogen-bond acceptors (Lipinski definition) is 4. The zero-order valence-corrected chi connectivity index (χ0v) is 13.9. The Morgan fingerprint density at radius 3 is 2.52 bits per heavy atom. The highest BCUT2D eigenvalue weighted by atomic mass is 32.2. The van der Waals surface area contributed by atoms with Crippen molar-refractivity contribution >= 4 is 27.0 Å². The maximum Gasteiger partial charge on any atom is 0.263 e. The van der Waals surface area contributed by atoms with Crippen LogP contribution in [0.15, 0.2) is 35.2 Å². The number of aryl methyl sites for hydroxylation is 1. The maximum atomic E-state index is 12.5. The summed E-state index contributed by atoms with van der Waals surface area (Å²) in [4.78, 5) is 1.55. The van der Waals surface area contributed by atoms with Gasteiger partial charge in [-0.25, -0.2) is 8.42 Å². The number of nitrogens with one attached hydrogen (secondary N) is 1. The van der Waals surface area contributed by atoms with Crippen LogP contribution < -0.4 is 4.72 Å². The Morgan fingerprint density at radius 2 is 1.95 bits per heavy atom. The van der Waals surface area contributed by atoms with Gasteiger partial charge in [-0.15, -0.1) is 11.3 Å². The van der Waals surface area contributed by atoms with Crippen molar-refractivity contribution in [1.29, 1.82) is 0 Å². The van der Waals surface area contributed by atoms with E-state index in [2.05, 4.69) is 4.72 Å². The first kappa shape index (κ1) is 16.0. The summed E-state index contributed by atoms with van der Waals surface area (Å²) < 4.78 is 27.7. The van der Waals surface area contributed by atoms with E-state index >= 15 is 0 Å². The molecule has 0 spiro atoms. The molecule has 2 rings (SSSR count). The number of thiophene rings is 1. The minimum absolute atomic E-state index is 0.149. The summed E-state index contributed by atoms with van der Waals surface area (Å²) in [5, 5.41) is 9.14. The third-order valence-electron chi connectivity index (χ3n) is 3.20. The summed E-state index contributed by atoms with van der Waals surface area (Å²) >= 11 is 1.29. The van der Waals surface area contributed by atoms with E-state index in [9.17, 15) is 8.42 Å². The van der Waals surface area contributed by atoms with Crippen molar-refractivity contribution in [3.63, 3.8) is 0 Å². The third kappa shape index (κ3) is 3.45. The fourth-order valence-corrected chi connectivity index (χ4v) is 4.75. The van der Waals surface area contributed by atoms with E-state index in [1.54, 1.807) is 13.0 Å². The second kappa shape index (κ2) is 6.17. The number of aliphatic hydroxyl groups excluding tert-OH is 1. The van der Waals surface area contributed by atoms with Crippen LogP contribution in [0.4, 0.5) is 5.69 Å². The molecule has 0 saturated heterocycles. The number of benzene rings is 1. The summed E-state index contributed by atoms with van der Waals surface area (Å²) in [5.41, 5.74) is 1.56. The van der Waals surface area contributed by atoms with Gasteiger partial charge < -0.3 is 5.11 Å². The van der Waals surface area contributed by atoms with Gasteiger partial charge in [0, 0.05) is 9.75 Å². The van der Waals surface area contributed by atoms with Crippen LogP contribution in [-0.4, -0.2) is 13.5 Å². The van der Waals surface area contributed by atoms with Gasteiger partial charge in [0.1, 0.15) is 4.90 Å². The molecule has 0 amide bonds. The van der Waals surface area contributed by atoms with Crippen LogP contribution in [0.25, 0.3) is 0 Å². The molecule has 0 fully saturated rings. The minimum atomic E-state index is -3.64. The molecule has 21 heavy (non-hydrogen) atoms. The second-order valence-corrected chi connectivity index (χ2v) is 8.13. The van der Waals surface area contributed by atoms with E-state index in [-0.39, 0.29) is 17.4 Å². The molecule has 2 aromatic rings. The van der Waals surface area contributed by atoms with E-state index in [0.717, 1.165) is 5.56 Å². The monoisotopic (exact) mass is 325 g/mol. The fraction of sp³-hybridized carbons (Fsp3) is 0.333. The van der Waals surface area contributed by atoms with Crippen molar-refractivity contribution in [2.75, 3.05) is 4.72 Å². The highest BCUT2D eigenvalue weighted by molar-refractivity contribution is 7.93. The predicted molar refractivity (Wildman–Crippen MR) is 86.3 cm³/mol. The van der Waals surface area contributed by atoms with E-state index < -0.39 is 10.0 Å². The number of para-hydroxylation sites is 1. The molecule has 114 valence electrons. The molecule has 4 nitrogen and oxygen atoms in total. The lowest BCUT2D eigenvalue weighted by Crippen LogP contribution is -2.14. The van der Waals surface area contributed by atoms with Gasteiger partial charge in [-0.05, 0) is 30.5 Å². The normalized spacial score (nSPS) is 11.9. The van der Waals surface area contributed by atoms with Gasteiger partial charge in [0.05, 0.1) is 12.3 Å². The van der Waals surface area contributed by atoms with E-state index in [1.165, 1.54) is 17.4 Å². The Bertz CT molecular complexity index is 733. The van der Waals surface area contributed by atoms with Crippen LogP contribution in [0.2, 0.25) is 0 Å². The maximum absolute atomic E-state index is 12.5. The summed E-state index contributed by atoms with van der Waals surface area (Å²) in [6.45, 7) is 5.63. The van der Waals surface area contributed by atoms with Crippen LogP contribution >= 0.6 is 11.3 Å². The first-order valence-corrected chi connectivity index (χ1v) is 8.97. The van der Waals surface area contributed by atoms with Gasteiger partial charge in [0.2, 0.25) is 0 Å². The molecule has 0 atom stereocenters. The number of sulfonamides is 1. The number of anilines is 1. The fourth-order valence-electron chi connectivity index (χ4n) is 2.16. The molecule has 1 heterocycles. The Balaban J connectivity index is 2.40. The van der Waals surface area contributed by atoms with Crippen LogP contribution in [0.1, 0.15) is 35.1 Å². The molecule has 0 saturated carbocycles. The van der Waals surface area contributed by atoms with Gasteiger partial charge in [-0.2, -0.15) is 0 Å². The molecule has 1 aromatic carbocycles. The highest BCUT2D eigenvalue weighted by Crippen LogP contribution is 2.30. The lowest BCUT2D eigenvalue weighted by Gasteiger charge is -2.14. The summed E-state index contributed by atoms with van der Waals surface area (Å²) in [7, 11) is -3.64. The van der Waals surface area contributed by atoms with Crippen molar-refractivity contribution in [2.45, 2.75) is 38.2 Å². The van der Waals surface area contributed by atoms with E-state index in [1.807, 2.05) is 32.0 Å². The molecule has 0 aliphatic rings. The van der Waals surface area contributed by atoms with Crippen LogP contribution in [0.3, 0.4) is 0 Å². The Hall–Kier alpha value is -1.37. The van der Waals surface area contributed by atoms with Crippen molar-refractivity contribution in [1.82, 2.24) is 0 Å². The molecule has 0 radical (unpaired) electrons. The average molecular weight is 325 g/mol. The van der Waals surface area contributed by atoms with Gasteiger partial charge in [-0.1, -0.05) is 32.0 Å². The molecular formula is C15H19NO3S2. The lowest BCUT2D eigenvalue weighted by atomic mass is 10.0. The molecule has 0 aliphatic heterocycles. The first-order valence-electron chi connectivity index (χ1n) is 6.67. The molecule has 1 aromatic heterocycles. The van der Waals surface area contributed by atoms with Gasteiger partial charge in [0.25, 0.3) is 10.0 Å². The van der Waals surface area contributed by atoms with Crippen molar-refractivity contribution in [2.24, 2.45) is 0 Å². The van der Waals surface area contributed by atoms with Crippen molar-refractivity contribution in [3.8, 4) is 0 Å². The molecule has 0 aliphatic carbocycles. The minimum Gasteiger partial charge on any atom is -0.391 e. The highest BCUT2D eigenvalue weighted by Gasteiger charge is 2.21. The average Bonchev–Trinajstić information content (AvgIpc) is 2.81. The Kier molecular flexibility index (Phi) is 4.70. The van der Waals surface area contributed by atoms with Crippen molar-refractivity contribution < 1.29 is 13.5 Å². The smallest absolute Gasteiger partial charge is 0.263 e. The lowest BCUT2D eigenvalue weighted by molar-refractivity contribution is 0.285. The number of hydrogen-bond donors (Lipinski definition) is 2. The standard InChI is InChI=1S/C15H19NO3S2/c1-10(2)13-6-4-5-7-14(13)16-21(18,19)15-8-12(9-17)20-11(15)3/h4-8,10,16-17H,9H2,1-3H3. The molecule has 6 heteroatoms. The van der Waals surface area contributed by atoms with Crippen LogP contribution in [0.5, 0.6) is 0 Å². The number of aliphatic hydroxyl groups is 1. The molecule has 0 bridgehead atoms. The topological polar surface area (TPSA) is 66.4 Å². The van der Waals surface area contributed by atoms with Gasteiger partial charge in [0.15, 0.2) is 0 Å². The quantitative estimate of drug-likeness (QED) is 0.884. The Morgan fingerprint density at radius 1 is 1.29 bits per heavy atom. The van der Waals surface area contributed by atoms with Crippen LogP contribution in [0, 0.1) is 6.92 Å². The zero-order valence-electron chi connectivity index (χ0n) is 12.3. The predicted octanol–water partition coefficient (Wildman–Crippen LogP) is 3.47. The molecule has 0 unspecified atom stereocenters. The second-order valence-electron chi connectivity index (χ2n) is 5.14. The van der Waals surface area contributed by atoms with Crippen molar-refractivity contribution in [3.05, 3.63) is 45.6 Å². The van der Waals surface area contributed by atoms with E-state index in [4.69, 9.17) is 5.11 Å². The van der Waals surface area contributed by atoms with Gasteiger partial charge >= 0.3 is 0 Å². The molecular weight excluding hydrogens is 306 g/mol. The zero-order chi connectivity index (χ0) is 15.6. The third-order valence-corrected chi connectivity index (χ3v) is 5.85.